The minimum Gasteiger partial charge on any atom is -0.462 e. The highest BCUT2D eigenvalue weighted by Crippen LogP contribution is 2.19. The first-order chi connectivity index (χ1) is 33.3. The molecule has 0 saturated heterocycles. The van der Waals surface area contributed by atoms with Gasteiger partial charge in [-0.05, 0) is 31.1 Å². The third kappa shape index (κ3) is 52.2. The predicted octanol–water partition coefficient (Wildman–Crippen LogP) is 20.4. The number of rotatable bonds is 56. The Morgan fingerprint density at radius 3 is 0.765 bits per heavy atom. The molecule has 0 aliphatic carbocycles. The molecule has 0 N–H and O–H groups in total. The molecule has 6 heteroatoms. The van der Waals surface area contributed by atoms with E-state index in [4.69, 9.17) is 14.2 Å². The second-order valence-corrected chi connectivity index (χ2v) is 21.8. The van der Waals surface area contributed by atoms with Crippen LogP contribution in [-0.4, -0.2) is 37.2 Å². The largest absolute Gasteiger partial charge is 0.462 e. The van der Waals surface area contributed by atoms with Gasteiger partial charge in [-0.3, -0.25) is 14.4 Å². The molecule has 68 heavy (non-hydrogen) atoms. The Hall–Kier alpha value is -1.59. The highest BCUT2D eigenvalue weighted by atomic mass is 16.6. The minimum atomic E-state index is -0.762. The van der Waals surface area contributed by atoms with Crippen LogP contribution in [0, 0.1) is 11.8 Å². The zero-order valence-corrected chi connectivity index (χ0v) is 46.7. The van der Waals surface area contributed by atoms with E-state index in [0.717, 1.165) is 69.6 Å². The van der Waals surface area contributed by atoms with E-state index in [2.05, 4.69) is 34.6 Å². The molecule has 0 heterocycles. The number of unbranched alkanes of at least 4 members (excludes halogenated alkanes) is 39. The number of hydrogen-bond donors (Lipinski definition) is 0. The maximum atomic E-state index is 12.9. The molecule has 0 rings (SSSR count). The van der Waals surface area contributed by atoms with Gasteiger partial charge >= 0.3 is 17.9 Å². The third-order valence-electron chi connectivity index (χ3n) is 14.9. The highest BCUT2D eigenvalue weighted by molar-refractivity contribution is 5.71. The summed E-state index contributed by atoms with van der Waals surface area (Å²) in [7, 11) is 0. The molecule has 2 unspecified atom stereocenters. The standard InChI is InChI=1S/C62H120O6/c1-6-9-10-11-12-13-32-37-42-47-52-60(63)66-55-59(68-62(65)54-49-44-39-34-29-25-21-20-23-27-31-36-41-46-51-58(5)8-3)56-67-61(64)53-48-43-38-33-28-24-19-17-15-14-16-18-22-26-30-35-40-45-50-57(4)7-2/h57-59H,6-56H2,1-5H3/t57?,58?,59-/m1/s1. The van der Waals surface area contributed by atoms with Gasteiger partial charge in [0.05, 0.1) is 0 Å². The van der Waals surface area contributed by atoms with Crippen LogP contribution in [0.2, 0.25) is 0 Å². The fourth-order valence-electron chi connectivity index (χ4n) is 9.52. The van der Waals surface area contributed by atoms with Crippen molar-refractivity contribution >= 4 is 17.9 Å². The second-order valence-electron chi connectivity index (χ2n) is 21.8. The van der Waals surface area contributed by atoms with Crippen molar-refractivity contribution in [2.75, 3.05) is 13.2 Å². The lowest BCUT2D eigenvalue weighted by Crippen LogP contribution is -2.30. The average Bonchev–Trinajstić information content (AvgIpc) is 3.34. The first-order valence-corrected chi connectivity index (χ1v) is 30.8. The second kappa shape index (κ2) is 54.7. The first kappa shape index (κ1) is 66.4. The number of hydrogen-bond acceptors (Lipinski definition) is 6. The zero-order chi connectivity index (χ0) is 49.6. The van der Waals surface area contributed by atoms with Crippen molar-refractivity contribution in [1.82, 2.24) is 0 Å². The summed E-state index contributed by atoms with van der Waals surface area (Å²) >= 11 is 0. The molecule has 0 aromatic heterocycles. The molecule has 0 bridgehead atoms. The van der Waals surface area contributed by atoms with E-state index >= 15 is 0 Å². The Labute approximate surface area is 425 Å². The summed E-state index contributed by atoms with van der Waals surface area (Å²) in [5, 5.41) is 0. The van der Waals surface area contributed by atoms with Gasteiger partial charge < -0.3 is 14.2 Å². The van der Waals surface area contributed by atoms with Gasteiger partial charge in [-0.15, -0.1) is 0 Å². The maximum Gasteiger partial charge on any atom is 0.306 e. The maximum absolute atomic E-state index is 12.9. The van der Waals surface area contributed by atoms with Crippen molar-refractivity contribution in [2.45, 2.75) is 355 Å². The molecule has 0 aliphatic heterocycles. The van der Waals surface area contributed by atoms with E-state index in [1.54, 1.807) is 0 Å². The van der Waals surface area contributed by atoms with Crippen LogP contribution < -0.4 is 0 Å². The summed E-state index contributed by atoms with van der Waals surface area (Å²) in [6.45, 7) is 11.5. The first-order valence-electron chi connectivity index (χ1n) is 30.8. The van der Waals surface area contributed by atoms with Crippen LogP contribution in [0.4, 0.5) is 0 Å². The molecule has 0 saturated carbocycles. The summed E-state index contributed by atoms with van der Waals surface area (Å²) in [5.41, 5.74) is 0. The smallest absolute Gasteiger partial charge is 0.306 e. The van der Waals surface area contributed by atoms with Crippen molar-refractivity contribution in [2.24, 2.45) is 11.8 Å². The van der Waals surface area contributed by atoms with Gasteiger partial charge in [-0.25, -0.2) is 0 Å². The molecule has 0 aromatic rings. The Morgan fingerprint density at radius 2 is 0.515 bits per heavy atom. The Kier molecular flexibility index (Phi) is 53.5. The van der Waals surface area contributed by atoms with Gasteiger partial charge in [-0.2, -0.15) is 0 Å². The molecule has 0 aromatic carbocycles. The van der Waals surface area contributed by atoms with Gasteiger partial charge in [0.1, 0.15) is 13.2 Å². The molecule has 0 spiro atoms. The highest BCUT2D eigenvalue weighted by Gasteiger charge is 2.19. The molecular weight excluding hydrogens is 841 g/mol. The lowest BCUT2D eigenvalue weighted by molar-refractivity contribution is -0.167. The van der Waals surface area contributed by atoms with Crippen LogP contribution in [0.1, 0.15) is 349 Å². The lowest BCUT2D eigenvalue weighted by atomic mass is 9.99. The summed E-state index contributed by atoms with van der Waals surface area (Å²) in [5.74, 6) is 0.967. The molecule has 0 amide bonds. The summed E-state index contributed by atoms with van der Waals surface area (Å²) < 4.78 is 16.9. The van der Waals surface area contributed by atoms with E-state index in [9.17, 15) is 14.4 Å². The monoisotopic (exact) mass is 961 g/mol. The lowest BCUT2D eigenvalue weighted by Gasteiger charge is -2.18. The molecular formula is C62H120O6. The SMILES string of the molecule is CCCCCCCCCCCCC(=O)OC[C@H](COC(=O)CCCCCCCCCCCCCCCCCCCCC(C)CC)OC(=O)CCCCCCCCCCCCCCCCC(C)CC. The molecule has 0 radical (unpaired) electrons. The van der Waals surface area contributed by atoms with Gasteiger partial charge in [0.2, 0.25) is 0 Å². The Bertz CT molecular complexity index is 1040. The fourth-order valence-corrected chi connectivity index (χ4v) is 9.52. The van der Waals surface area contributed by atoms with Crippen LogP contribution in [-0.2, 0) is 28.6 Å². The van der Waals surface area contributed by atoms with Crippen molar-refractivity contribution < 1.29 is 28.6 Å². The molecule has 0 aliphatic rings. The van der Waals surface area contributed by atoms with Crippen molar-refractivity contribution in [3.63, 3.8) is 0 Å². The van der Waals surface area contributed by atoms with Gasteiger partial charge in [0, 0.05) is 19.3 Å². The third-order valence-corrected chi connectivity index (χ3v) is 14.9. The molecule has 6 nitrogen and oxygen atoms in total. The minimum absolute atomic E-state index is 0.0623. The van der Waals surface area contributed by atoms with Gasteiger partial charge in [0.15, 0.2) is 6.10 Å². The van der Waals surface area contributed by atoms with Crippen LogP contribution in [0.15, 0.2) is 0 Å². The summed E-state index contributed by atoms with van der Waals surface area (Å²) in [6, 6.07) is 0. The molecule has 3 atom stereocenters. The van der Waals surface area contributed by atoms with Crippen molar-refractivity contribution in [3.8, 4) is 0 Å². The van der Waals surface area contributed by atoms with Gasteiger partial charge in [0.25, 0.3) is 0 Å². The quantitative estimate of drug-likeness (QED) is 0.0343. The van der Waals surface area contributed by atoms with Crippen molar-refractivity contribution in [3.05, 3.63) is 0 Å². The summed E-state index contributed by atoms with van der Waals surface area (Å²) in [6.07, 6.45) is 59.5. The molecule has 404 valence electrons. The average molecular weight is 962 g/mol. The van der Waals surface area contributed by atoms with E-state index < -0.39 is 6.10 Å². The number of ether oxygens (including phenoxy) is 3. The Balaban J connectivity index is 4.20. The number of esters is 3. The summed E-state index contributed by atoms with van der Waals surface area (Å²) in [4.78, 5) is 38.1. The van der Waals surface area contributed by atoms with E-state index in [-0.39, 0.29) is 31.1 Å². The van der Waals surface area contributed by atoms with Crippen LogP contribution in [0.3, 0.4) is 0 Å². The van der Waals surface area contributed by atoms with E-state index in [1.807, 2.05) is 0 Å². The number of carbonyl (C=O) groups is 3. The Morgan fingerprint density at radius 1 is 0.294 bits per heavy atom. The van der Waals surface area contributed by atoms with Crippen molar-refractivity contribution in [1.29, 1.82) is 0 Å². The normalized spacial score (nSPS) is 12.8. The topological polar surface area (TPSA) is 78.9 Å². The fraction of sp³-hybridized carbons (Fsp3) is 0.952. The van der Waals surface area contributed by atoms with E-state index in [1.165, 1.54) is 238 Å². The predicted molar refractivity (Wildman–Crippen MR) is 293 cm³/mol. The van der Waals surface area contributed by atoms with Crippen LogP contribution in [0.25, 0.3) is 0 Å². The van der Waals surface area contributed by atoms with E-state index in [0.29, 0.717) is 19.3 Å². The number of carbonyl (C=O) groups excluding carboxylic acids is 3. The van der Waals surface area contributed by atoms with Gasteiger partial charge in [-0.1, -0.05) is 311 Å². The zero-order valence-electron chi connectivity index (χ0n) is 46.7. The van der Waals surface area contributed by atoms with Crippen LogP contribution >= 0.6 is 0 Å². The van der Waals surface area contributed by atoms with Crippen LogP contribution in [0.5, 0.6) is 0 Å². The molecule has 0 fully saturated rings.